The van der Waals surface area contributed by atoms with Gasteiger partial charge in [-0.15, -0.1) is 0 Å². The molecule has 1 heterocycles. The van der Waals surface area contributed by atoms with E-state index in [1.807, 2.05) is 6.92 Å². The number of sulfonamides is 1. The minimum atomic E-state index is -3.63. The highest BCUT2D eigenvalue weighted by atomic mass is 79.9. The molecule has 0 fully saturated rings. The molecule has 20 heavy (non-hydrogen) atoms. The van der Waals surface area contributed by atoms with Crippen LogP contribution in [0, 0.1) is 13.8 Å². The molecular formula is C12H12Br2N2O3S. The van der Waals surface area contributed by atoms with Crippen LogP contribution in [0.3, 0.4) is 0 Å². The van der Waals surface area contributed by atoms with Crippen molar-refractivity contribution in [2.75, 3.05) is 0 Å². The van der Waals surface area contributed by atoms with Crippen LogP contribution in [0.5, 0.6) is 0 Å². The second-order valence-corrected chi connectivity index (χ2v) is 7.74. The van der Waals surface area contributed by atoms with Crippen LogP contribution in [-0.4, -0.2) is 13.6 Å². The van der Waals surface area contributed by atoms with Gasteiger partial charge in [0, 0.05) is 15.0 Å². The third-order valence-electron chi connectivity index (χ3n) is 2.62. The maximum absolute atomic E-state index is 12.3. The standard InChI is InChI=1S/C12H12Br2N2O3S/c1-7-3-11(14)12(5-10(7)13)20(17,18)15-6-9-4-8(2)16-19-9/h3-5,15H,6H2,1-2H3. The van der Waals surface area contributed by atoms with Crippen LogP contribution in [-0.2, 0) is 16.6 Å². The Kier molecular flexibility index (Phi) is 4.68. The van der Waals surface area contributed by atoms with E-state index in [2.05, 4.69) is 41.7 Å². The number of nitrogens with one attached hydrogen (secondary N) is 1. The maximum Gasteiger partial charge on any atom is 0.242 e. The highest BCUT2D eigenvalue weighted by molar-refractivity contribution is 9.11. The van der Waals surface area contributed by atoms with E-state index in [4.69, 9.17) is 4.52 Å². The summed E-state index contributed by atoms with van der Waals surface area (Å²) in [6.07, 6.45) is 0. The summed E-state index contributed by atoms with van der Waals surface area (Å²) in [5.41, 5.74) is 1.65. The number of benzene rings is 1. The number of aryl methyl sites for hydroxylation is 2. The van der Waals surface area contributed by atoms with Crippen molar-refractivity contribution >= 4 is 41.9 Å². The topological polar surface area (TPSA) is 72.2 Å². The summed E-state index contributed by atoms with van der Waals surface area (Å²) in [4.78, 5) is 0.172. The van der Waals surface area contributed by atoms with E-state index in [1.54, 1.807) is 25.1 Å². The van der Waals surface area contributed by atoms with Crippen molar-refractivity contribution in [1.29, 1.82) is 0 Å². The summed E-state index contributed by atoms with van der Waals surface area (Å²) in [5.74, 6) is 0.466. The summed E-state index contributed by atoms with van der Waals surface area (Å²) in [5, 5.41) is 3.71. The van der Waals surface area contributed by atoms with Gasteiger partial charge in [-0.05, 0) is 47.5 Å². The van der Waals surface area contributed by atoms with Crippen molar-refractivity contribution in [2.24, 2.45) is 0 Å². The Morgan fingerprint density at radius 3 is 2.50 bits per heavy atom. The normalized spacial score (nSPS) is 11.8. The predicted octanol–water partition coefficient (Wildman–Crippen LogP) is 3.29. The van der Waals surface area contributed by atoms with E-state index in [9.17, 15) is 8.42 Å². The van der Waals surface area contributed by atoms with Crippen LogP contribution in [0.25, 0.3) is 0 Å². The molecule has 0 amide bonds. The van der Waals surface area contributed by atoms with E-state index in [0.29, 0.717) is 15.9 Å². The number of nitrogens with zero attached hydrogens (tertiary/aromatic N) is 1. The average Bonchev–Trinajstić information content (AvgIpc) is 2.77. The molecule has 0 spiro atoms. The van der Waals surface area contributed by atoms with Crippen molar-refractivity contribution in [2.45, 2.75) is 25.3 Å². The first-order valence-electron chi connectivity index (χ1n) is 5.67. The number of rotatable bonds is 4. The van der Waals surface area contributed by atoms with Crippen molar-refractivity contribution in [1.82, 2.24) is 9.88 Å². The van der Waals surface area contributed by atoms with Gasteiger partial charge in [-0.3, -0.25) is 0 Å². The zero-order valence-corrected chi connectivity index (χ0v) is 14.8. The third kappa shape index (κ3) is 3.49. The second kappa shape index (κ2) is 5.97. The number of aromatic nitrogens is 1. The fourth-order valence-corrected chi connectivity index (χ4v) is 4.25. The van der Waals surface area contributed by atoms with Crippen LogP contribution in [0.4, 0.5) is 0 Å². The Morgan fingerprint density at radius 2 is 1.90 bits per heavy atom. The van der Waals surface area contributed by atoms with Crippen LogP contribution in [0.15, 0.2) is 36.6 Å². The van der Waals surface area contributed by atoms with Crippen LogP contribution in [0.1, 0.15) is 17.0 Å². The Bertz CT molecular complexity index is 741. The molecular weight excluding hydrogens is 412 g/mol. The van der Waals surface area contributed by atoms with Gasteiger partial charge >= 0.3 is 0 Å². The number of hydrogen-bond donors (Lipinski definition) is 1. The molecule has 0 aliphatic carbocycles. The first kappa shape index (κ1) is 15.7. The van der Waals surface area contributed by atoms with Crippen molar-refractivity contribution < 1.29 is 12.9 Å². The average molecular weight is 424 g/mol. The lowest BCUT2D eigenvalue weighted by Gasteiger charge is -2.09. The Balaban J connectivity index is 2.24. The van der Waals surface area contributed by atoms with Crippen LogP contribution in [0.2, 0.25) is 0 Å². The summed E-state index contributed by atoms with van der Waals surface area (Å²) in [7, 11) is -3.63. The number of halogens is 2. The van der Waals surface area contributed by atoms with E-state index in [0.717, 1.165) is 10.0 Å². The van der Waals surface area contributed by atoms with Gasteiger partial charge in [0.2, 0.25) is 10.0 Å². The van der Waals surface area contributed by atoms with Gasteiger partial charge in [-0.25, -0.2) is 13.1 Å². The van der Waals surface area contributed by atoms with Gasteiger partial charge in [-0.1, -0.05) is 21.1 Å². The number of hydrogen-bond acceptors (Lipinski definition) is 4. The van der Waals surface area contributed by atoms with Gasteiger partial charge in [-0.2, -0.15) is 0 Å². The van der Waals surface area contributed by atoms with Gasteiger partial charge in [0.1, 0.15) is 0 Å². The molecule has 0 saturated heterocycles. The fourth-order valence-electron chi connectivity index (χ4n) is 1.58. The zero-order valence-electron chi connectivity index (χ0n) is 10.8. The molecule has 0 saturated carbocycles. The minimum absolute atomic E-state index is 0.0567. The van der Waals surface area contributed by atoms with Crippen molar-refractivity contribution in [3.63, 3.8) is 0 Å². The largest absolute Gasteiger partial charge is 0.360 e. The molecule has 1 aromatic carbocycles. The van der Waals surface area contributed by atoms with Crippen molar-refractivity contribution in [3.05, 3.63) is 44.2 Å². The van der Waals surface area contributed by atoms with Crippen LogP contribution < -0.4 is 4.72 Å². The summed E-state index contributed by atoms with van der Waals surface area (Å²) in [6.45, 7) is 3.71. The molecule has 0 unspecified atom stereocenters. The molecule has 2 rings (SSSR count). The van der Waals surface area contributed by atoms with Crippen molar-refractivity contribution in [3.8, 4) is 0 Å². The lowest BCUT2D eigenvalue weighted by atomic mass is 10.2. The maximum atomic E-state index is 12.3. The first-order chi connectivity index (χ1) is 9.29. The Morgan fingerprint density at radius 1 is 1.20 bits per heavy atom. The quantitative estimate of drug-likeness (QED) is 0.818. The molecule has 1 aromatic heterocycles. The van der Waals surface area contributed by atoms with Gasteiger partial charge in [0.05, 0.1) is 17.1 Å². The second-order valence-electron chi connectivity index (χ2n) is 4.29. The summed E-state index contributed by atoms with van der Waals surface area (Å²) in [6, 6.07) is 4.99. The highest BCUT2D eigenvalue weighted by Gasteiger charge is 2.19. The lowest BCUT2D eigenvalue weighted by molar-refractivity contribution is 0.377. The van der Waals surface area contributed by atoms with Crippen LogP contribution >= 0.6 is 31.9 Å². The van der Waals surface area contributed by atoms with Gasteiger partial charge < -0.3 is 4.52 Å². The van der Waals surface area contributed by atoms with E-state index >= 15 is 0 Å². The third-order valence-corrected chi connectivity index (χ3v) is 5.83. The smallest absolute Gasteiger partial charge is 0.242 e. The fraction of sp³-hybridized carbons (Fsp3) is 0.250. The molecule has 1 N–H and O–H groups in total. The summed E-state index contributed by atoms with van der Waals surface area (Å²) < 4.78 is 33.2. The minimum Gasteiger partial charge on any atom is -0.360 e. The van der Waals surface area contributed by atoms with Gasteiger partial charge in [0.25, 0.3) is 0 Å². The SMILES string of the molecule is Cc1cc(CNS(=O)(=O)c2cc(Br)c(C)cc2Br)on1. The van der Waals surface area contributed by atoms with E-state index < -0.39 is 10.0 Å². The molecule has 0 atom stereocenters. The molecule has 0 aliphatic heterocycles. The molecule has 0 bridgehead atoms. The monoisotopic (exact) mass is 422 g/mol. The predicted molar refractivity (Wildman–Crippen MR) is 81.8 cm³/mol. The molecule has 5 nitrogen and oxygen atoms in total. The highest BCUT2D eigenvalue weighted by Crippen LogP contribution is 2.28. The molecule has 0 aliphatic rings. The first-order valence-corrected chi connectivity index (χ1v) is 8.74. The summed E-state index contributed by atoms with van der Waals surface area (Å²) >= 11 is 6.60. The zero-order chi connectivity index (χ0) is 14.9. The Hall–Kier alpha value is -0.700. The molecule has 108 valence electrons. The Labute approximate surface area is 134 Å². The van der Waals surface area contributed by atoms with E-state index in [-0.39, 0.29) is 11.4 Å². The molecule has 2 aromatic rings. The molecule has 8 heteroatoms. The van der Waals surface area contributed by atoms with Gasteiger partial charge in [0.15, 0.2) is 5.76 Å². The lowest BCUT2D eigenvalue weighted by Crippen LogP contribution is -2.23. The van der Waals surface area contributed by atoms with E-state index in [1.165, 1.54) is 0 Å². The molecule has 0 radical (unpaired) electrons.